The maximum atomic E-state index is 12.9. The Morgan fingerprint density at radius 3 is 2.41 bits per heavy atom. The molecule has 3 aromatic carbocycles. The highest BCUT2D eigenvalue weighted by Gasteiger charge is 2.20. The van der Waals surface area contributed by atoms with Crippen molar-refractivity contribution in [1.29, 1.82) is 0 Å². The van der Waals surface area contributed by atoms with E-state index in [9.17, 15) is 4.79 Å². The van der Waals surface area contributed by atoms with Crippen LogP contribution in [0.2, 0.25) is 5.02 Å². The summed E-state index contributed by atoms with van der Waals surface area (Å²) in [5, 5.41) is 7.94. The van der Waals surface area contributed by atoms with Crippen molar-refractivity contribution in [2.45, 2.75) is 13.8 Å². The van der Waals surface area contributed by atoms with Crippen LogP contribution in [0, 0.1) is 13.8 Å². The van der Waals surface area contributed by atoms with Gasteiger partial charge in [0.15, 0.2) is 5.82 Å². The lowest BCUT2D eigenvalue weighted by Crippen LogP contribution is -2.15. The largest absolute Gasteiger partial charge is 0.319 e. The van der Waals surface area contributed by atoms with Crippen LogP contribution < -0.4 is 5.32 Å². The molecule has 0 bridgehead atoms. The van der Waals surface area contributed by atoms with Crippen LogP contribution in [0.3, 0.4) is 0 Å². The minimum absolute atomic E-state index is 0.0893. The molecule has 6 heteroatoms. The third kappa shape index (κ3) is 3.91. The summed E-state index contributed by atoms with van der Waals surface area (Å²) in [5.41, 5.74) is 4.32. The molecular weight excluding hydrogens is 384 g/mol. The lowest BCUT2D eigenvalue weighted by Gasteiger charge is -2.08. The predicted molar refractivity (Wildman–Crippen MR) is 116 cm³/mol. The van der Waals surface area contributed by atoms with Crippen molar-refractivity contribution >= 4 is 23.2 Å². The molecule has 5 nitrogen and oxygen atoms in total. The van der Waals surface area contributed by atoms with Gasteiger partial charge in [0.05, 0.1) is 5.69 Å². The molecule has 0 unspecified atom stereocenters. The predicted octanol–water partition coefficient (Wildman–Crippen LogP) is 5.46. The Morgan fingerprint density at radius 2 is 1.66 bits per heavy atom. The fourth-order valence-corrected chi connectivity index (χ4v) is 3.23. The Morgan fingerprint density at radius 1 is 0.931 bits per heavy atom. The minimum atomic E-state index is -0.389. The number of carbonyl (C=O) groups is 1. The van der Waals surface area contributed by atoms with Gasteiger partial charge in [0.2, 0.25) is 5.82 Å². The van der Waals surface area contributed by atoms with Gasteiger partial charge in [0.1, 0.15) is 0 Å². The van der Waals surface area contributed by atoms with Crippen LogP contribution in [0.1, 0.15) is 21.7 Å². The molecule has 0 aliphatic rings. The molecule has 0 saturated heterocycles. The van der Waals surface area contributed by atoms with Gasteiger partial charge in [-0.1, -0.05) is 66.2 Å². The van der Waals surface area contributed by atoms with Crippen molar-refractivity contribution in [3.8, 4) is 17.1 Å². The number of amides is 1. The Bertz CT molecular complexity index is 1180. The lowest BCUT2D eigenvalue weighted by molar-refractivity contribution is 0.101. The average Bonchev–Trinajstić information content (AvgIpc) is 3.17. The first-order valence-electron chi connectivity index (χ1n) is 9.19. The normalized spacial score (nSPS) is 10.7. The standard InChI is InChI=1S/C23H19ClN4O/c1-15-12-13-18(24)14-19(15)25-23(29)21-26-22(17-9-4-3-5-10-17)28(27-21)20-11-7-6-8-16(20)2/h3-14H,1-2H3,(H,25,29). The fourth-order valence-electron chi connectivity index (χ4n) is 3.06. The highest BCUT2D eigenvalue weighted by Crippen LogP contribution is 2.24. The van der Waals surface area contributed by atoms with E-state index in [2.05, 4.69) is 15.4 Å². The number of carbonyl (C=O) groups excluding carboxylic acids is 1. The summed E-state index contributed by atoms with van der Waals surface area (Å²) < 4.78 is 1.71. The van der Waals surface area contributed by atoms with Crippen LogP contribution in [0.4, 0.5) is 5.69 Å². The van der Waals surface area contributed by atoms with E-state index in [1.165, 1.54) is 0 Å². The zero-order valence-electron chi connectivity index (χ0n) is 16.1. The lowest BCUT2D eigenvalue weighted by atomic mass is 10.2. The second kappa shape index (κ2) is 7.89. The zero-order valence-corrected chi connectivity index (χ0v) is 16.8. The van der Waals surface area contributed by atoms with Crippen LogP contribution in [-0.2, 0) is 0 Å². The van der Waals surface area contributed by atoms with Gasteiger partial charge in [0.25, 0.3) is 5.91 Å². The number of anilines is 1. The number of aryl methyl sites for hydroxylation is 2. The molecule has 144 valence electrons. The second-order valence-corrected chi connectivity index (χ2v) is 7.17. The summed E-state index contributed by atoms with van der Waals surface area (Å²) >= 11 is 6.07. The van der Waals surface area contributed by atoms with Crippen molar-refractivity contribution in [2.75, 3.05) is 5.32 Å². The molecule has 0 saturated carbocycles. The first-order chi connectivity index (χ1) is 14.0. The van der Waals surface area contributed by atoms with Gasteiger partial charge in [-0.25, -0.2) is 9.67 Å². The third-order valence-electron chi connectivity index (χ3n) is 4.63. The first kappa shape index (κ1) is 18.9. The van der Waals surface area contributed by atoms with Crippen LogP contribution in [0.15, 0.2) is 72.8 Å². The molecule has 1 amide bonds. The Labute approximate surface area is 174 Å². The maximum Gasteiger partial charge on any atom is 0.295 e. The summed E-state index contributed by atoms with van der Waals surface area (Å²) in [6.07, 6.45) is 0. The SMILES string of the molecule is Cc1ccc(Cl)cc1NC(=O)c1nc(-c2ccccc2)n(-c2ccccc2C)n1. The van der Waals surface area contributed by atoms with Crippen molar-refractivity contribution in [1.82, 2.24) is 14.8 Å². The number of rotatable bonds is 4. The number of nitrogens with zero attached hydrogens (tertiary/aromatic N) is 3. The van der Waals surface area contributed by atoms with Gasteiger partial charge >= 0.3 is 0 Å². The van der Waals surface area contributed by atoms with E-state index in [0.717, 1.165) is 22.4 Å². The number of hydrogen-bond acceptors (Lipinski definition) is 3. The van der Waals surface area contributed by atoms with Gasteiger partial charge in [-0.15, -0.1) is 5.10 Å². The summed E-state index contributed by atoms with van der Waals surface area (Å²) in [7, 11) is 0. The number of halogens is 1. The van der Waals surface area contributed by atoms with Crippen molar-refractivity contribution in [2.24, 2.45) is 0 Å². The molecule has 4 rings (SSSR count). The van der Waals surface area contributed by atoms with Gasteiger partial charge < -0.3 is 5.32 Å². The monoisotopic (exact) mass is 402 g/mol. The summed E-state index contributed by atoms with van der Waals surface area (Å²) in [5.74, 6) is 0.305. The highest BCUT2D eigenvalue weighted by atomic mass is 35.5. The van der Waals surface area contributed by atoms with Crippen molar-refractivity contribution in [3.63, 3.8) is 0 Å². The highest BCUT2D eigenvalue weighted by molar-refractivity contribution is 6.31. The topological polar surface area (TPSA) is 59.8 Å². The van der Waals surface area contributed by atoms with Gasteiger partial charge in [-0.2, -0.15) is 0 Å². The minimum Gasteiger partial charge on any atom is -0.319 e. The van der Waals surface area contributed by atoms with Gasteiger partial charge in [-0.05, 0) is 43.2 Å². The quantitative estimate of drug-likeness (QED) is 0.493. The summed E-state index contributed by atoms with van der Waals surface area (Å²) in [6.45, 7) is 3.90. The van der Waals surface area contributed by atoms with Crippen LogP contribution in [0.5, 0.6) is 0 Å². The molecule has 1 N–H and O–H groups in total. The molecule has 0 fully saturated rings. The average molecular weight is 403 g/mol. The molecule has 1 aromatic heterocycles. The van der Waals surface area contributed by atoms with E-state index in [0.29, 0.717) is 16.5 Å². The van der Waals surface area contributed by atoms with E-state index in [4.69, 9.17) is 11.6 Å². The van der Waals surface area contributed by atoms with Crippen LogP contribution in [0.25, 0.3) is 17.1 Å². The second-order valence-electron chi connectivity index (χ2n) is 6.74. The Balaban J connectivity index is 1.78. The zero-order chi connectivity index (χ0) is 20.4. The Hall–Kier alpha value is -3.44. The molecule has 1 heterocycles. The molecule has 0 aliphatic carbocycles. The molecular formula is C23H19ClN4O. The van der Waals surface area contributed by atoms with Crippen LogP contribution in [-0.4, -0.2) is 20.7 Å². The number of para-hydroxylation sites is 1. The third-order valence-corrected chi connectivity index (χ3v) is 4.87. The van der Waals surface area contributed by atoms with E-state index < -0.39 is 0 Å². The smallest absolute Gasteiger partial charge is 0.295 e. The van der Waals surface area contributed by atoms with Crippen LogP contribution >= 0.6 is 11.6 Å². The molecule has 0 aliphatic heterocycles. The number of benzene rings is 3. The van der Waals surface area contributed by atoms with Crippen molar-refractivity contribution < 1.29 is 4.79 Å². The Kier molecular flexibility index (Phi) is 5.14. The number of nitrogens with one attached hydrogen (secondary N) is 1. The summed E-state index contributed by atoms with van der Waals surface area (Å²) in [6, 6.07) is 22.9. The molecule has 29 heavy (non-hydrogen) atoms. The fraction of sp³-hybridized carbons (Fsp3) is 0.0870. The van der Waals surface area contributed by atoms with E-state index in [-0.39, 0.29) is 11.7 Å². The first-order valence-corrected chi connectivity index (χ1v) is 9.57. The summed E-state index contributed by atoms with van der Waals surface area (Å²) in [4.78, 5) is 17.5. The molecule has 4 aromatic rings. The van der Waals surface area contributed by atoms with E-state index in [1.807, 2.05) is 74.5 Å². The van der Waals surface area contributed by atoms with Crippen molar-refractivity contribution in [3.05, 3.63) is 94.8 Å². The molecule has 0 atom stereocenters. The molecule has 0 spiro atoms. The van der Waals surface area contributed by atoms with Gasteiger partial charge in [0, 0.05) is 16.3 Å². The molecule has 0 radical (unpaired) electrons. The number of aromatic nitrogens is 3. The maximum absolute atomic E-state index is 12.9. The van der Waals surface area contributed by atoms with E-state index >= 15 is 0 Å². The van der Waals surface area contributed by atoms with E-state index in [1.54, 1.807) is 16.8 Å². The number of hydrogen-bond donors (Lipinski definition) is 1. The van der Waals surface area contributed by atoms with Gasteiger partial charge in [-0.3, -0.25) is 4.79 Å².